The van der Waals surface area contributed by atoms with Crippen LogP contribution in [0.4, 0.5) is 10.3 Å². The second-order valence-electron chi connectivity index (χ2n) is 5.64. The first-order valence-electron chi connectivity index (χ1n) is 7.96. The van der Waals surface area contributed by atoms with E-state index < -0.39 is 0 Å². The van der Waals surface area contributed by atoms with Crippen molar-refractivity contribution in [2.45, 2.75) is 6.54 Å². The molecule has 0 atom stereocenters. The molecule has 0 aliphatic carbocycles. The van der Waals surface area contributed by atoms with Gasteiger partial charge in [0.05, 0.1) is 0 Å². The summed E-state index contributed by atoms with van der Waals surface area (Å²) in [6, 6.07) is 7.97. The Kier molecular flexibility index (Phi) is 5.17. The van der Waals surface area contributed by atoms with E-state index in [0.717, 1.165) is 6.41 Å². The fourth-order valence-corrected chi connectivity index (χ4v) is 2.57. The molecule has 0 bridgehead atoms. The van der Waals surface area contributed by atoms with E-state index in [1.807, 2.05) is 0 Å². The third-order valence-electron chi connectivity index (χ3n) is 4.02. The fraction of sp³-hybridized carbons (Fsp3) is 0.294. The van der Waals surface area contributed by atoms with Crippen molar-refractivity contribution in [3.8, 4) is 0 Å². The van der Waals surface area contributed by atoms with Gasteiger partial charge >= 0.3 is 0 Å². The van der Waals surface area contributed by atoms with Crippen LogP contribution in [0.2, 0.25) is 0 Å². The van der Waals surface area contributed by atoms with Crippen molar-refractivity contribution in [1.29, 1.82) is 0 Å². The van der Waals surface area contributed by atoms with Crippen LogP contribution in [0.15, 0.2) is 36.5 Å². The first-order chi connectivity index (χ1) is 12.2. The number of piperazine rings is 1. The number of aromatic nitrogens is 2. The predicted molar refractivity (Wildman–Crippen MR) is 89.3 cm³/mol. The predicted octanol–water partition coefficient (Wildman–Crippen LogP) is 1.14. The normalized spacial score (nSPS) is 14.3. The number of nitrogens with one attached hydrogen (secondary N) is 1. The van der Waals surface area contributed by atoms with Gasteiger partial charge in [-0.1, -0.05) is 18.2 Å². The van der Waals surface area contributed by atoms with Gasteiger partial charge in [0, 0.05) is 44.5 Å². The fourth-order valence-electron chi connectivity index (χ4n) is 2.57. The van der Waals surface area contributed by atoms with E-state index in [1.165, 1.54) is 12.3 Å². The maximum absolute atomic E-state index is 13.6. The summed E-state index contributed by atoms with van der Waals surface area (Å²) < 4.78 is 13.6. The van der Waals surface area contributed by atoms with Gasteiger partial charge in [-0.2, -0.15) is 0 Å². The molecule has 1 fully saturated rings. The zero-order valence-electron chi connectivity index (χ0n) is 13.6. The van der Waals surface area contributed by atoms with E-state index in [2.05, 4.69) is 15.3 Å². The molecule has 25 heavy (non-hydrogen) atoms. The summed E-state index contributed by atoms with van der Waals surface area (Å²) in [5.41, 5.74) is 0.762. The molecule has 1 aromatic carbocycles. The zero-order chi connectivity index (χ0) is 17.6. The van der Waals surface area contributed by atoms with Crippen molar-refractivity contribution < 1.29 is 14.0 Å². The number of carbonyl (C=O) groups excluding carboxylic acids is 2. The van der Waals surface area contributed by atoms with E-state index in [-0.39, 0.29) is 29.9 Å². The minimum Gasteiger partial charge on any atom is -0.350 e. The van der Waals surface area contributed by atoms with Crippen LogP contribution in [0, 0.1) is 5.82 Å². The Morgan fingerprint density at radius 1 is 1.20 bits per heavy atom. The first kappa shape index (κ1) is 16.8. The molecule has 1 saturated heterocycles. The van der Waals surface area contributed by atoms with E-state index in [9.17, 15) is 14.0 Å². The quantitative estimate of drug-likeness (QED) is 0.824. The lowest BCUT2D eigenvalue weighted by Crippen LogP contribution is -2.48. The Morgan fingerprint density at radius 3 is 2.68 bits per heavy atom. The number of nitrogens with zero attached hydrogens (tertiary/aromatic N) is 4. The Balaban J connectivity index is 1.64. The standard InChI is InChI=1S/C17H18FN5O2/c18-14-4-2-1-3-13(14)11-20-17-19-6-5-15(21-17)16(25)23-9-7-22(12-24)8-10-23/h1-6,12H,7-11H2,(H,19,20,21). The van der Waals surface area contributed by atoms with Crippen molar-refractivity contribution in [2.24, 2.45) is 0 Å². The molecular weight excluding hydrogens is 325 g/mol. The number of halogens is 1. The molecular formula is C17H18FN5O2. The molecule has 1 aromatic heterocycles. The molecule has 2 aromatic rings. The van der Waals surface area contributed by atoms with Crippen molar-refractivity contribution in [3.05, 3.63) is 53.6 Å². The maximum atomic E-state index is 13.6. The van der Waals surface area contributed by atoms with Crippen LogP contribution in [0.3, 0.4) is 0 Å². The molecule has 7 nitrogen and oxygen atoms in total. The highest BCUT2D eigenvalue weighted by Crippen LogP contribution is 2.11. The van der Waals surface area contributed by atoms with Gasteiger partial charge in [0.1, 0.15) is 11.5 Å². The monoisotopic (exact) mass is 343 g/mol. The summed E-state index contributed by atoms with van der Waals surface area (Å²) in [6.07, 6.45) is 2.28. The molecule has 1 aliphatic rings. The molecule has 0 unspecified atom stereocenters. The summed E-state index contributed by atoms with van der Waals surface area (Å²) in [4.78, 5) is 34.8. The van der Waals surface area contributed by atoms with Gasteiger partial charge in [0.15, 0.2) is 0 Å². The number of rotatable bonds is 5. The Hall–Kier alpha value is -3.03. The van der Waals surface area contributed by atoms with Crippen LogP contribution in [-0.4, -0.2) is 58.3 Å². The molecule has 0 spiro atoms. The molecule has 2 heterocycles. The Morgan fingerprint density at radius 2 is 1.96 bits per heavy atom. The van der Waals surface area contributed by atoms with Gasteiger partial charge in [-0.3, -0.25) is 9.59 Å². The van der Waals surface area contributed by atoms with Gasteiger partial charge in [-0.25, -0.2) is 14.4 Å². The highest BCUT2D eigenvalue weighted by atomic mass is 19.1. The molecule has 2 amide bonds. The number of carbonyl (C=O) groups is 2. The number of hydrogen-bond acceptors (Lipinski definition) is 5. The van der Waals surface area contributed by atoms with Crippen LogP contribution < -0.4 is 5.32 Å². The lowest BCUT2D eigenvalue weighted by molar-refractivity contribution is -0.119. The minimum absolute atomic E-state index is 0.207. The number of amides is 2. The van der Waals surface area contributed by atoms with Crippen molar-refractivity contribution in [1.82, 2.24) is 19.8 Å². The van der Waals surface area contributed by atoms with E-state index in [1.54, 1.807) is 34.1 Å². The summed E-state index contributed by atoms with van der Waals surface area (Å²) in [7, 11) is 0. The molecule has 0 saturated carbocycles. The number of hydrogen-bond donors (Lipinski definition) is 1. The second-order valence-corrected chi connectivity index (χ2v) is 5.64. The lowest BCUT2D eigenvalue weighted by Gasteiger charge is -2.32. The second kappa shape index (κ2) is 7.69. The largest absolute Gasteiger partial charge is 0.350 e. The van der Waals surface area contributed by atoms with E-state index >= 15 is 0 Å². The third kappa shape index (κ3) is 4.09. The highest BCUT2D eigenvalue weighted by molar-refractivity contribution is 5.92. The summed E-state index contributed by atoms with van der Waals surface area (Å²) >= 11 is 0. The smallest absolute Gasteiger partial charge is 0.272 e. The van der Waals surface area contributed by atoms with Crippen molar-refractivity contribution in [3.63, 3.8) is 0 Å². The third-order valence-corrected chi connectivity index (χ3v) is 4.02. The highest BCUT2D eigenvalue weighted by Gasteiger charge is 2.22. The van der Waals surface area contributed by atoms with Gasteiger partial charge < -0.3 is 15.1 Å². The first-order valence-corrected chi connectivity index (χ1v) is 7.96. The van der Waals surface area contributed by atoms with Gasteiger partial charge in [-0.15, -0.1) is 0 Å². The van der Waals surface area contributed by atoms with Crippen LogP contribution in [0.5, 0.6) is 0 Å². The Labute approximate surface area is 144 Å². The van der Waals surface area contributed by atoms with E-state index in [4.69, 9.17) is 0 Å². The Bertz CT molecular complexity index is 762. The molecule has 130 valence electrons. The van der Waals surface area contributed by atoms with Crippen LogP contribution in [0.1, 0.15) is 16.1 Å². The zero-order valence-corrected chi connectivity index (χ0v) is 13.6. The van der Waals surface area contributed by atoms with Crippen LogP contribution in [0.25, 0.3) is 0 Å². The van der Waals surface area contributed by atoms with Crippen LogP contribution >= 0.6 is 0 Å². The topological polar surface area (TPSA) is 78.4 Å². The average Bonchev–Trinajstić information content (AvgIpc) is 2.67. The summed E-state index contributed by atoms with van der Waals surface area (Å²) in [6.45, 7) is 2.19. The average molecular weight is 343 g/mol. The van der Waals surface area contributed by atoms with E-state index in [0.29, 0.717) is 31.7 Å². The lowest BCUT2D eigenvalue weighted by atomic mass is 10.2. The van der Waals surface area contributed by atoms with Gasteiger partial charge in [-0.05, 0) is 12.1 Å². The minimum atomic E-state index is -0.310. The maximum Gasteiger partial charge on any atom is 0.272 e. The molecule has 0 radical (unpaired) electrons. The van der Waals surface area contributed by atoms with Gasteiger partial charge in [0.2, 0.25) is 12.4 Å². The summed E-state index contributed by atoms with van der Waals surface area (Å²) in [5.74, 6) is -0.252. The van der Waals surface area contributed by atoms with Crippen LogP contribution in [-0.2, 0) is 11.3 Å². The van der Waals surface area contributed by atoms with Crippen molar-refractivity contribution >= 4 is 18.3 Å². The van der Waals surface area contributed by atoms with Crippen molar-refractivity contribution in [2.75, 3.05) is 31.5 Å². The molecule has 1 N–H and O–H groups in total. The molecule has 8 heteroatoms. The van der Waals surface area contributed by atoms with Gasteiger partial charge in [0.25, 0.3) is 5.91 Å². The molecule has 1 aliphatic heterocycles. The SMILES string of the molecule is O=CN1CCN(C(=O)c2ccnc(NCc3ccccc3F)n2)CC1. The summed E-state index contributed by atoms with van der Waals surface area (Å²) in [5, 5.41) is 2.93. The number of anilines is 1. The molecule has 3 rings (SSSR count). The number of benzene rings is 1.